The van der Waals surface area contributed by atoms with Crippen LogP contribution in [0.2, 0.25) is 0 Å². The van der Waals surface area contributed by atoms with Gasteiger partial charge >= 0.3 is 0 Å². The van der Waals surface area contributed by atoms with Crippen LogP contribution in [-0.2, 0) is 13.1 Å². The molecule has 0 bridgehead atoms. The minimum atomic E-state index is -1.65. The van der Waals surface area contributed by atoms with E-state index in [4.69, 9.17) is 0 Å². The van der Waals surface area contributed by atoms with Crippen molar-refractivity contribution in [1.82, 2.24) is 19.7 Å². The van der Waals surface area contributed by atoms with Gasteiger partial charge in [-0.3, -0.25) is 14.3 Å². The Kier molecular flexibility index (Phi) is 5.29. The normalized spacial score (nSPS) is 11.1. The number of aromatic nitrogens is 3. The second-order valence-electron chi connectivity index (χ2n) is 5.92. The Balaban J connectivity index is 1.87. The molecular formula is C18H17F3N4O2. The van der Waals surface area contributed by atoms with Crippen molar-refractivity contribution in [2.75, 3.05) is 6.54 Å². The molecule has 3 rings (SSSR count). The molecule has 0 saturated heterocycles. The molecule has 2 aromatic heterocycles. The predicted molar refractivity (Wildman–Crippen MR) is 92.9 cm³/mol. The number of rotatable bonds is 6. The van der Waals surface area contributed by atoms with Crippen LogP contribution in [0, 0.1) is 17.5 Å². The topological polar surface area (TPSA) is 68.9 Å². The van der Waals surface area contributed by atoms with E-state index in [9.17, 15) is 22.8 Å². The molecular weight excluding hydrogens is 361 g/mol. The first-order chi connectivity index (χ1) is 12.9. The standard InChI is InChI=1S/C18H17F3N4O2/c1-2-24-10-12(18(27)22-5-3-7-25-8-4-6-23-25)17(26)11-9-13(19)14(20)15(21)16(11)24/h4,6,8-10H,2-3,5,7H2,1H3,(H,22,27). The third-order valence-corrected chi connectivity index (χ3v) is 4.19. The Hall–Kier alpha value is -3.10. The predicted octanol–water partition coefficient (Wildman–Crippen LogP) is 2.46. The van der Waals surface area contributed by atoms with Gasteiger partial charge in [-0.2, -0.15) is 5.10 Å². The molecule has 1 aromatic carbocycles. The molecule has 0 saturated carbocycles. The highest BCUT2D eigenvalue weighted by Crippen LogP contribution is 2.21. The van der Waals surface area contributed by atoms with Gasteiger partial charge in [0.1, 0.15) is 5.56 Å². The lowest BCUT2D eigenvalue weighted by molar-refractivity contribution is 0.0951. The smallest absolute Gasteiger partial charge is 0.256 e. The van der Waals surface area contributed by atoms with Gasteiger partial charge in [-0.05, 0) is 25.5 Å². The third-order valence-electron chi connectivity index (χ3n) is 4.19. The Bertz CT molecular complexity index is 1050. The number of amides is 1. The van der Waals surface area contributed by atoms with Gasteiger partial charge in [0, 0.05) is 38.2 Å². The number of halogens is 3. The first kappa shape index (κ1) is 18.7. The van der Waals surface area contributed by atoms with Crippen molar-refractivity contribution >= 4 is 16.8 Å². The summed E-state index contributed by atoms with van der Waals surface area (Å²) in [7, 11) is 0. The van der Waals surface area contributed by atoms with E-state index >= 15 is 0 Å². The van der Waals surface area contributed by atoms with Gasteiger partial charge in [0.15, 0.2) is 17.5 Å². The van der Waals surface area contributed by atoms with E-state index in [1.165, 1.54) is 4.57 Å². The van der Waals surface area contributed by atoms with Gasteiger partial charge in [-0.1, -0.05) is 0 Å². The van der Waals surface area contributed by atoms with Crippen LogP contribution in [0.5, 0.6) is 0 Å². The molecule has 6 nitrogen and oxygen atoms in total. The number of nitrogens with one attached hydrogen (secondary N) is 1. The number of benzene rings is 1. The molecule has 0 unspecified atom stereocenters. The lowest BCUT2D eigenvalue weighted by atomic mass is 10.1. The lowest BCUT2D eigenvalue weighted by Gasteiger charge is -2.13. The van der Waals surface area contributed by atoms with Gasteiger partial charge in [0.05, 0.1) is 10.9 Å². The van der Waals surface area contributed by atoms with E-state index in [1.807, 2.05) is 0 Å². The van der Waals surface area contributed by atoms with Crippen LogP contribution in [0.15, 0.2) is 35.5 Å². The number of fused-ring (bicyclic) bond motifs is 1. The Morgan fingerprint density at radius 2 is 2.04 bits per heavy atom. The first-order valence-corrected chi connectivity index (χ1v) is 8.40. The maximum absolute atomic E-state index is 14.1. The fourth-order valence-electron chi connectivity index (χ4n) is 2.85. The number of carbonyl (C=O) groups is 1. The summed E-state index contributed by atoms with van der Waals surface area (Å²) >= 11 is 0. The molecule has 0 aliphatic heterocycles. The van der Waals surface area contributed by atoms with Gasteiger partial charge in [0.25, 0.3) is 5.91 Å². The summed E-state index contributed by atoms with van der Waals surface area (Å²) in [4.78, 5) is 24.9. The molecule has 0 aliphatic carbocycles. The lowest BCUT2D eigenvalue weighted by Crippen LogP contribution is -2.31. The van der Waals surface area contributed by atoms with Crippen LogP contribution in [0.25, 0.3) is 10.9 Å². The number of hydrogen-bond donors (Lipinski definition) is 1. The highest BCUT2D eigenvalue weighted by Gasteiger charge is 2.21. The van der Waals surface area contributed by atoms with E-state index < -0.39 is 28.8 Å². The van der Waals surface area contributed by atoms with Crippen LogP contribution in [-0.4, -0.2) is 26.8 Å². The second-order valence-corrected chi connectivity index (χ2v) is 5.92. The minimum Gasteiger partial charge on any atom is -0.352 e. The zero-order valence-corrected chi connectivity index (χ0v) is 14.5. The summed E-state index contributed by atoms with van der Waals surface area (Å²) in [6, 6.07) is 2.40. The number of hydrogen-bond acceptors (Lipinski definition) is 3. The van der Waals surface area contributed by atoms with E-state index in [1.54, 1.807) is 30.1 Å². The van der Waals surface area contributed by atoms with Crippen LogP contribution in [0.4, 0.5) is 13.2 Å². The highest BCUT2D eigenvalue weighted by atomic mass is 19.2. The average molecular weight is 378 g/mol. The van der Waals surface area contributed by atoms with Crippen molar-refractivity contribution < 1.29 is 18.0 Å². The molecule has 0 fully saturated rings. The molecule has 142 valence electrons. The molecule has 9 heteroatoms. The summed E-state index contributed by atoms with van der Waals surface area (Å²) in [5.74, 6) is -5.23. The molecule has 3 aromatic rings. The summed E-state index contributed by atoms with van der Waals surface area (Å²) in [5, 5.41) is 6.26. The molecule has 1 N–H and O–H groups in total. The summed E-state index contributed by atoms with van der Waals surface area (Å²) in [6.07, 6.45) is 5.17. The fraction of sp³-hybridized carbons (Fsp3) is 0.278. The van der Waals surface area contributed by atoms with Crippen LogP contribution < -0.4 is 10.7 Å². The largest absolute Gasteiger partial charge is 0.352 e. The Morgan fingerprint density at radius 3 is 2.70 bits per heavy atom. The summed E-state index contributed by atoms with van der Waals surface area (Å²) in [6.45, 7) is 2.67. The average Bonchev–Trinajstić information content (AvgIpc) is 3.17. The molecule has 27 heavy (non-hydrogen) atoms. The van der Waals surface area contributed by atoms with Crippen molar-refractivity contribution in [2.45, 2.75) is 26.4 Å². The van der Waals surface area contributed by atoms with Gasteiger partial charge in [-0.15, -0.1) is 0 Å². The molecule has 0 radical (unpaired) electrons. The Labute approximate surface area is 152 Å². The quantitative estimate of drug-likeness (QED) is 0.529. The zero-order valence-electron chi connectivity index (χ0n) is 14.5. The second kappa shape index (κ2) is 7.65. The van der Waals surface area contributed by atoms with Crippen LogP contribution in [0.1, 0.15) is 23.7 Å². The number of carbonyl (C=O) groups excluding carboxylic acids is 1. The Morgan fingerprint density at radius 1 is 1.26 bits per heavy atom. The summed E-state index contributed by atoms with van der Waals surface area (Å²) in [5.41, 5.74) is -1.47. The maximum atomic E-state index is 14.1. The van der Waals surface area contributed by atoms with Gasteiger partial charge in [0.2, 0.25) is 5.43 Å². The molecule has 2 heterocycles. The SMILES string of the molecule is CCn1cc(C(=O)NCCCn2cccn2)c(=O)c2cc(F)c(F)c(F)c21. The van der Waals surface area contributed by atoms with Crippen molar-refractivity contribution in [1.29, 1.82) is 0 Å². The van der Waals surface area contributed by atoms with Gasteiger partial charge in [-0.25, -0.2) is 13.2 Å². The highest BCUT2D eigenvalue weighted by molar-refractivity contribution is 5.97. The third kappa shape index (κ3) is 3.57. The van der Waals surface area contributed by atoms with Crippen LogP contribution >= 0.6 is 0 Å². The van der Waals surface area contributed by atoms with Crippen LogP contribution in [0.3, 0.4) is 0 Å². The van der Waals surface area contributed by atoms with E-state index in [-0.39, 0.29) is 29.6 Å². The van der Waals surface area contributed by atoms with E-state index in [2.05, 4.69) is 10.4 Å². The monoisotopic (exact) mass is 378 g/mol. The van der Waals surface area contributed by atoms with E-state index in [0.717, 1.165) is 6.20 Å². The number of pyridine rings is 1. The van der Waals surface area contributed by atoms with Crippen molar-refractivity contribution in [2.24, 2.45) is 0 Å². The van der Waals surface area contributed by atoms with Gasteiger partial charge < -0.3 is 9.88 Å². The first-order valence-electron chi connectivity index (χ1n) is 8.40. The van der Waals surface area contributed by atoms with Crippen molar-refractivity contribution in [3.8, 4) is 0 Å². The molecule has 0 spiro atoms. The summed E-state index contributed by atoms with van der Waals surface area (Å²) < 4.78 is 44.1. The minimum absolute atomic E-state index is 0.165. The van der Waals surface area contributed by atoms with Crippen molar-refractivity contribution in [3.05, 3.63) is 64.0 Å². The zero-order chi connectivity index (χ0) is 19.6. The maximum Gasteiger partial charge on any atom is 0.256 e. The number of aryl methyl sites for hydroxylation is 2. The molecule has 0 atom stereocenters. The molecule has 1 amide bonds. The van der Waals surface area contributed by atoms with Crippen molar-refractivity contribution in [3.63, 3.8) is 0 Å². The number of nitrogens with zero attached hydrogens (tertiary/aromatic N) is 3. The fourth-order valence-corrected chi connectivity index (χ4v) is 2.85. The molecule has 0 aliphatic rings. The van der Waals surface area contributed by atoms with E-state index in [0.29, 0.717) is 19.0 Å².